The molecule has 1 unspecified atom stereocenters. The average molecular weight is 349 g/mol. The molecule has 10 heteroatoms. The highest BCUT2D eigenvalue weighted by atomic mass is 35.5. The van der Waals surface area contributed by atoms with Crippen molar-refractivity contribution in [1.82, 2.24) is 0 Å². The molecule has 0 N–H and O–H groups in total. The Labute approximate surface area is 122 Å². The van der Waals surface area contributed by atoms with Crippen molar-refractivity contribution in [2.75, 3.05) is 5.75 Å². The van der Waals surface area contributed by atoms with Gasteiger partial charge in [0.1, 0.15) is 5.75 Å². The summed E-state index contributed by atoms with van der Waals surface area (Å²) < 4.78 is 76.2. The lowest BCUT2D eigenvalue weighted by Crippen LogP contribution is -2.33. The Morgan fingerprint density at radius 3 is 2.24 bits per heavy atom. The lowest BCUT2D eigenvalue weighted by atomic mass is 10.3. The van der Waals surface area contributed by atoms with Gasteiger partial charge in [0, 0.05) is 5.02 Å². The summed E-state index contributed by atoms with van der Waals surface area (Å²) in [5, 5.41) is 0.296. The molecule has 4 nitrogen and oxygen atoms in total. The number of esters is 1. The van der Waals surface area contributed by atoms with Crippen LogP contribution in [-0.4, -0.2) is 31.8 Å². The third-order valence-corrected chi connectivity index (χ3v) is 4.05. The van der Waals surface area contributed by atoms with Gasteiger partial charge in [0.2, 0.25) is 0 Å². The van der Waals surface area contributed by atoms with Crippen molar-refractivity contribution in [3.05, 3.63) is 29.3 Å². The Hall–Kier alpha value is -1.35. The number of carbonyl (C=O) groups is 1. The fourth-order valence-corrected chi connectivity index (χ4v) is 2.36. The normalized spacial score (nSPS) is 13.8. The number of benzene rings is 1. The molecule has 1 aromatic rings. The highest BCUT2D eigenvalue weighted by molar-refractivity contribution is 7.92. The maximum absolute atomic E-state index is 13.5. The molecule has 0 aliphatic heterocycles. The number of halogens is 5. The Bertz CT molecular complexity index is 598. The van der Waals surface area contributed by atoms with Crippen LogP contribution in [0.3, 0.4) is 0 Å². The van der Waals surface area contributed by atoms with E-state index in [1.807, 2.05) is 0 Å². The highest BCUT2D eigenvalue weighted by Crippen LogP contribution is 2.22. The van der Waals surface area contributed by atoms with Crippen LogP contribution in [0.2, 0.25) is 5.02 Å². The van der Waals surface area contributed by atoms with Gasteiger partial charge in [-0.3, -0.25) is 0 Å². The van der Waals surface area contributed by atoms with E-state index >= 15 is 0 Å². The summed E-state index contributed by atoms with van der Waals surface area (Å²) in [4.78, 5) is 11.3. The largest absolute Gasteiger partial charge is 0.424 e. The molecule has 0 bridgehead atoms. The zero-order valence-electron chi connectivity index (χ0n) is 10.2. The quantitative estimate of drug-likeness (QED) is 0.466. The number of carbonyl (C=O) groups excluding carboxylic acids is 1. The number of ether oxygens (including phenoxy) is 1. The van der Waals surface area contributed by atoms with E-state index in [9.17, 15) is 30.8 Å². The Morgan fingerprint density at radius 2 is 1.76 bits per heavy atom. The molecule has 0 aliphatic carbocycles. The molecular formula is C11H9ClF4O4S. The van der Waals surface area contributed by atoms with Crippen molar-refractivity contribution in [2.45, 2.75) is 18.1 Å². The number of hydrogen-bond donors (Lipinski definition) is 0. The fourth-order valence-electron chi connectivity index (χ4n) is 1.17. The van der Waals surface area contributed by atoms with Gasteiger partial charge >= 0.3 is 12.1 Å². The first-order valence-corrected chi connectivity index (χ1v) is 7.50. The van der Waals surface area contributed by atoms with E-state index < -0.39 is 39.7 Å². The average Bonchev–Trinajstić information content (AvgIpc) is 2.37. The van der Waals surface area contributed by atoms with Crippen LogP contribution < -0.4 is 4.74 Å². The molecule has 0 aromatic heterocycles. The molecule has 21 heavy (non-hydrogen) atoms. The first-order chi connectivity index (χ1) is 9.51. The van der Waals surface area contributed by atoms with Crippen LogP contribution in [0.15, 0.2) is 24.3 Å². The number of alkyl halides is 4. The zero-order valence-corrected chi connectivity index (χ0v) is 11.8. The van der Waals surface area contributed by atoms with Crippen molar-refractivity contribution in [1.29, 1.82) is 0 Å². The van der Waals surface area contributed by atoms with Gasteiger partial charge in [-0.25, -0.2) is 17.6 Å². The van der Waals surface area contributed by atoms with Crippen LogP contribution in [0.5, 0.6) is 5.75 Å². The lowest BCUT2D eigenvalue weighted by molar-refractivity contribution is -0.137. The van der Waals surface area contributed by atoms with E-state index in [2.05, 4.69) is 4.74 Å². The molecule has 0 spiro atoms. The van der Waals surface area contributed by atoms with E-state index in [1.54, 1.807) is 0 Å². The van der Waals surface area contributed by atoms with Crippen molar-refractivity contribution in [3.8, 4) is 5.75 Å². The second-order valence-electron chi connectivity index (χ2n) is 3.92. The van der Waals surface area contributed by atoms with Gasteiger partial charge in [-0.15, -0.1) is 0 Å². The Morgan fingerprint density at radius 1 is 1.24 bits per heavy atom. The molecule has 0 saturated heterocycles. The summed E-state index contributed by atoms with van der Waals surface area (Å²) in [5.74, 6) is -3.52. The molecule has 1 atom stereocenters. The van der Waals surface area contributed by atoms with E-state index in [0.717, 1.165) is 0 Å². The maximum Gasteiger partial charge on any atom is 0.390 e. The molecule has 118 valence electrons. The van der Waals surface area contributed by atoms with Gasteiger partial charge in [-0.1, -0.05) is 11.6 Å². The van der Waals surface area contributed by atoms with Gasteiger partial charge in [0.05, 0.1) is 12.2 Å². The van der Waals surface area contributed by atoms with Gasteiger partial charge in [-0.2, -0.15) is 13.2 Å². The van der Waals surface area contributed by atoms with Crippen LogP contribution >= 0.6 is 11.6 Å². The maximum atomic E-state index is 13.5. The van der Waals surface area contributed by atoms with E-state index in [-0.39, 0.29) is 5.75 Å². The van der Waals surface area contributed by atoms with Gasteiger partial charge < -0.3 is 4.74 Å². The number of hydrogen-bond acceptors (Lipinski definition) is 4. The van der Waals surface area contributed by atoms with Crippen LogP contribution in [0.4, 0.5) is 17.6 Å². The van der Waals surface area contributed by atoms with Gasteiger partial charge in [-0.05, 0) is 24.3 Å². The van der Waals surface area contributed by atoms with E-state index in [4.69, 9.17) is 11.6 Å². The lowest BCUT2D eigenvalue weighted by Gasteiger charge is -2.11. The van der Waals surface area contributed by atoms with Crippen LogP contribution in [0.25, 0.3) is 0 Å². The molecule has 0 saturated carbocycles. The molecule has 0 aliphatic rings. The highest BCUT2D eigenvalue weighted by Gasteiger charge is 2.38. The summed E-state index contributed by atoms with van der Waals surface area (Å²) in [6.07, 6.45) is -6.52. The first-order valence-electron chi connectivity index (χ1n) is 5.41. The summed E-state index contributed by atoms with van der Waals surface area (Å²) >= 11 is 5.55. The fraction of sp³-hybridized carbons (Fsp3) is 0.364. The SMILES string of the molecule is O=C(Oc1ccc(Cl)cc1)C(F)S(=O)(=O)CCC(F)(F)F. The van der Waals surface area contributed by atoms with E-state index in [1.165, 1.54) is 24.3 Å². The molecule has 1 rings (SSSR count). The van der Waals surface area contributed by atoms with Crippen molar-refractivity contribution < 1.29 is 35.5 Å². The molecule has 1 aromatic carbocycles. The van der Waals surface area contributed by atoms with Crippen molar-refractivity contribution in [3.63, 3.8) is 0 Å². The molecule has 0 heterocycles. The topological polar surface area (TPSA) is 60.4 Å². The van der Waals surface area contributed by atoms with Gasteiger partial charge in [0.25, 0.3) is 5.50 Å². The zero-order chi connectivity index (χ0) is 16.3. The summed E-state index contributed by atoms with van der Waals surface area (Å²) in [6.45, 7) is 0. The predicted octanol–water partition coefficient (Wildman–Crippen LogP) is 2.91. The molecular weight excluding hydrogens is 340 g/mol. The Balaban J connectivity index is 2.70. The summed E-state index contributed by atoms with van der Waals surface area (Å²) in [5.41, 5.74) is -3.18. The molecule has 0 amide bonds. The number of rotatable bonds is 5. The second kappa shape index (κ2) is 6.61. The summed E-state index contributed by atoms with van der Waals surface area (Å²) in [7, 11) is -4.91. The minimum absolute atomic E-state index is 0.182. The van der Waals surface area contributed by atoms with Crippen molar-refractivity contribution in [2.24, 2.45) is 0 Å². The predicted molar refractivity (Wildman–Crippen MR) is 66.4 cm³/mol. The smallest absolute Gasteiger partial charge is 0.390 e. The monoisotopic (exact) mass is 348 g/mol. The second-order valence-corrected chi connectivity index (χ2v) is 6.51. The first kappa shape index (κ1) is 17.7. The minimum atomic E-state index is -4.91. The third-order valence-electron chi connectivity index (χ3n) is 2.20. The third kappa shape index (κ3) is 5.88. The molecule has 0 fully saturated rings. The van der Waals surface area contributed by atoms with Crippen molar-refractivity contribution >= 4 is 27.4 Å². The number of sulfone groups is 1. The Kier molecular flexibility index (Phi) is 5.57. The van der Waals surface area contributed by atoms with E-state index in [0.29, 0.717) is 5.02 Å². The summed E-state index contributed by atoms with van der Waals surface area (Å²) in [6, 6.07) is 4.95. The standard InChI is InChI=1S/C11H9ClF4O4S/c12-7-1-3-8(4-2-7)20-10(17)9(13)21(18,19)6-5-11(14,15)16/h1-4,9H,5-6H2. The van der Waals surface area contributed by atoms with Crippen LogP contribution in [0, 0.1) is 0 Å². The molecule has 0 radical (unpaired) electrons. The van der Waals surface area contributed by atoms with Crippen LogP contribution in [-0.2, 0) is 14.6 Å². The minimum Gasteiger partial charge on any atom is -0.424 e. The van der Waals surface area contributed by atoms with Gasteiger partial charge in [0.15, 0.2) is 9.84 Å². The van der Waals surface area contributed by atoms with Crippen LogP contribution in [0.1, 0.15) is 6.42 Å².